The molecule has 0 fully saturated rings. The van der Waals surface area contributed by atoms with Crippen molar-refractivity contribution in [3.8, 4) is 11.1 Å². The summed E-state index contributed by atoms with van der Waals surface area (Å²) >= 11 is 0. The fraction of sp³-hybridized carbons (Fsp3) is 0. The number of anilines is 3. The fourth-order valence-electron chi connectivity index (χ4n) is 7.68. The third-order valence-corrected chi connectivity index (χ3v) is 10.1. The standard InChI is InChI=1S/C46H27NO3/c1-4-10-40-34(7-1)36-22-20-33(27-45(36)50-40)47(32-21-24-43-39(26-32)35-8-2-5-11-41(35)48-43)31-18-15-28(16-19-31)30-14-13-29-17-23-44-46(38(29)25-30)37-9-3-6-12-42(37)49-44/h1-27H. The van der Waals surface area contributed by atoms with Crippen LogP contribution in [-0.4, -0.2) is 0 Å². The number of para-hydroxylation sites is 3. The van der Waals surface area contributed by atoms with E-state index in [1.165, 1.54) is 10.8 Å². The molecule has 0 aliphatic heterocycles. The monoisotopic (exact) mass is 641 g/mol. The summed E-state index contributed by atoms with van der Waals surface area (Å²) in [5.74, 6) is 0. The lowest BCUT2D eigenvalue weighted by Crippen LogP contribution is -2.09. The second kappa shape index (κ2) is 10.4. The molecule has 0 aliphatic rings. The highest BCUT2D eigenvalue weighted by Crippen LogP contribution is 2.42. The highest BCUT2D eigenvalue weighted by molar-refractivity contribution is 6.19. The summed E-state index contributed by atoms with van der Waals surface area (Å²) in [5, 5.41) is 9.08. The minimum absolute atomic E-state index is 0.856. The van der Waals surface area contributed by atoms with Crippen molar-refractivity contribution < 1.29 is 13.3 Å². The van der Waals surface area contributed by atoms with E-state index in [1.807, 2.05) is 36.4 Å². The lowest BCUT2D eigenvalue weighted by Gasteiger charge is -2.25. The van der Waals surface area contributed by atoms with Gasteiger partial charge in [0.25, 0.3) is 0 Å². The maximum atomic E-state index is 6.35. The molecule has 0 saturated heterocycles. The van der Waals surface area contributed by atoms with Gasteiger partial charge in [-0.3, -0.25) is 0 Å². The molecule has 4 heteroatoms. The summed E-state index contributed by atoms with van der Waals surface area (Å²) in [4.78, 5) is 2.29. The Hall–Kier alpha value is -6.78. The summed E-state index contributed by atoms with van der Waals surface area (Å²) in [6, 6.07) is 57.4. The van der Waals surface area contributed by atoms with Gasteiger partial charge in [0.2, 0.25) is 0 Å². The van der Waals surface area contributed by atoms with Gasteiger partial charge in [0.15, 0.2) is 0 Å². The quantitative estimate of drug-likeness (QED) is 0.192. The highest BCUT2D eigenvalue weighted by atomic mass is 16.3. The van der Waals surface area contributed by atoms with Gasteiger partial charge in [-0.05, 0) is 94.7 Å². The molecule has 0 saturated carbocycles. The van der Waals surface area contributed by atoms with Crippen molar-refractivity contribution in [1.29, 1.82) is 0 Å². The molecule has 0 aliphatic carbocycles. The lowest BCUT2D eigenvalue weighted by molar-refractivity contribution is 0.668. The predicted octanol–water partition coefficient (Wildman–Crippen LogP) is 13.7. The van der Waals surface area contributed by atoms with Crippen LogP contribution in [0.1, 0.15) is 0 Å². The Morgan fingerprint density at radius 2 is 0.820 bits per heavy atom. The molecule has 234 valence electrons. The zero-order valence-electron chi connectivity index (χ0n) is 26.8. The minimum atomic E-state index is 0.856. The van der Waals surface area contributed by atoms with Crippen molar-refractivity contribution in [3.63, 3.8) is 0 Å². The number of hydrogen-bond donors (Lipinski definition) is 0. The molecule has 0 N–H and O–H groups in total. The Balaban J connectivity index is 1.06. The largest absolute Gasteiger partial charge is 0.456 e. The second-order valence-electron chi connectivity index (χ2n) is 12.9. The van der Waals surface area contributed by atoms with Crippen LogP contribution < -0.4 is 4.90 Å². The van der Waals surface area contributed by atoms with Crippen LogP contribution in [0.3, 0.4) is 0 Å². The van der Waals surface area contributed by atoms with E-state index >= 15 is 0 Å². The van der Waals surface area contributed by atoms with E-state index in [4.69, 9.17) is 13.3 Å². The van der Waals surface area contributed by atoms with E-state index in [1.54, 1.807) is 0 Å². The first-order chi connectivity index (χ1) is 24.7. The summed E-state index contributed by atoms with van der Waals surface area (Å²) in [6.45, 7) is 0. The molecule has 0 atom stereocenters. The Morgan fingerprint density at radius 3 is 1.62 bits per heavy atom. The van der Waals surface area contributed by atoms with Gasteiger partial charge < -0.3 is 18.2 Å². The number of nitrogens with zero attached hydrogens (tertiary/aromatic N) is 1. The smallest absolute Gasteiger partial charge is 0.137 e. The van der Waals surface area contributed by atoms with Gasteiger partial charge >= 0.3 is 0 Å². The van der Waals surface area contributed by atoms with E-state index in [0.29, 0.717) is 0 Å². The van der Waals surface area contributed by atoms with Crippen molar-refractivity contribution in [2.24, 2.45) is 0 Å². The maximum absolute atomic E-state index is 6.35. The summed E-state index contributed by atoms with van der Waals surface area (Å²) < 4.78 is 18.7. The lowest BCUT2D eigenvalue weighted by atomic mass is 9.98. The van der Waals surface area contributed by atoms with Crippen LogP contribution >= 0.6 is 0 Å². The van der Waals surface area contributed by atoms with E-state index in [0.717, 1.165) is 94.0 Å². The van der Waals surface area contributed by atoms with E-state index in [-0.39, 0.29) is 0 Å². The molecular weight excluding hydrogens is 615 g/mol. The average molecular weight is 642 g/mol. The Bertz CT molecular complexity index is 3110. The van der Waals surface area contributed by atoms with E-state index < -0.39 is 0 Å². The van der Waals surface area contributed by atoms with Crippen molar-refractivity contribution >= 4 is 93.7 Å². The fourth-order valence-corrected chi connectivity index (χ4v) is 7.68. The van der Waals surface area contributed by atoms with Gasteiger partial charge in [0.05, 0.1) is 0 Å². The SMILES string of the molecule is c1ccc2c(c1)oc1cc(N(c3ccc(-c4ccc5ccc6oc7ccccc7c6c5c4)cc3)c3ccc4oc5ccccc5c4c3)ccc12. The minimum Gasteiger partial charge on any atom is -0.456 e. The van der Waals surface area contributed by atoms with Crippen LogP contribution in [0.15, 0.2) is 177 Å². The van der Waals surface area contributed by atoms with Crippen LogP contribution in [0.25, 0.3) is 87.7 Å². The maximum Gasteiger partial charge on any atom is 0.137 e. The normalized spacial score (nSPS) is 12.0. The van der Waals surface area contributed by atoms with Gasteiger partial charge in [0, 0.05) is 55.4 Å². The molecule has 0 amide bonds. The number of rotatable bonds is 4. The summed E-state index contributed by atoms with van der Waals surface area (Å²) in [5.41, 5.74) is 10.7. The van der Waals surface area contributed by atoms with Crippen molar-refractivity contribution in [1.82, 2.24) is 0 Å². The molecule has 3 heterocycles. The Labute approximate surface area is 286 Å². The van der Waals surface area contributed by atoms with Gasteiger partial charge in [-0.25, -0.2) is 0 Å². The average Bonchev–Trinajstić information content (AvgIpc) is 3.86. The van der Waals surface area contributed by atoms with Gasteiger partial charge in [-0.1, -0.05) is 84.9 Å². The first-order valence-corrected chi connectivity index (χ1v) is 16.8. The van der Waals surface area contributed by atoms with Gasteiger partial charge in [0.1, 0.15) is 33.5 Å². The van der Waals surface area contributed by atoms with Crippen LogP contribution in [0, 0.1) is 0 Å². The number of fused-ring (bicyclic) bond motifs is 11. The molecule has 0 unspecified atom stereocenters. The molecule has 50 heavy (non-hydrogen) atoms. The highest BCUT2D eigenvalue weighted by Gasteiger charge is 2.18. The molecule has 11 aromatic rings. The Kier molecular flexibility index (Phi) is 5.63. The summed E-state index contributed by atoms with van der Waals surface area (Å²) in [7, 11) is 0. The molecule has 0 bridgehead atoms. The number of furan rings is 3. The van der Waals surface area contributed by atoms with Crippen molar-refractivity contribution in [3.05, 3.63) is 164 Å². The third kappa shape index (κ3) is 4.06. The molecule has 0 spiro atoms. The van der Waals surface area contributed by atoms with Crippen molar-refractivity contribution in [2.75, 3.05) is 4.90 Å². The van der Waals surface area contributed by atoms with Crippen LogP contribution in [0.5, 0.6) is 0 Å². The van der Waals surface area contributed by atoms with Crippen LogP contribution in [0.4, 0.5) is 17.1 Å². The van der Waals surface area contributed by atoms with E-state index in [2.05, 4.69) is 132 Å². The predicted molar refractivity (Wildman–Crippen MR) is 206 cm³/mol. The van der Waals surface area contributed by atoms with Crippen LogP contribution in [0.2, 0.25) is 0 Å². The van der Waals surface area contributed by atoms with Gasteiger partial charge in [-0.2, -0.15) is 0 Å². The molecule has 3 aromatic heterocycles. The third-order valence-electron chi connectivity index (χ3n) is 10.1. The van der Waals surface area contributed by atoms with Gasteiger partial charge in [-0.15, -0.1) is 0 Å². The molecule has 0 radical (unpaired) electrons. The first-order valence-electron chi connectivity index (χ1n) is 16.8. The molecule has 8 aromatic carbocycles. The zero-order chi connectivity index (χ0) is 32.8. The molecule has 4 nitrogen and oxygen atoms in total. The Morgan fingerprint density at radius 1 is 0.300 bits per heavy atom. The van der Waals surface area contributed by atoms with Crippen molar-refractivity contribution in [2.45, 2.75) is 0 Å². The first kappa shape index (κ1) is 27.2. The summed E-state index contributed by atoms with van der Waals surface area (Å²) in [6.07, 6.45) is 0. The van der Waals surface area contributed by atoms with Crippen LogP contribution in [-0.2, 0) is 0 Å². The zero-order valence-corrected chi connectivity index (χ0v) is 26.8. The number of benzene rings is 8. The second-order valence-corrected chi connectivity index (χ2v) is 12.9. The number of hydrogen-bond acceptors (Lipinski definition) is 4. The molecule has 11 rings (SSSR count). The molecular formula is C46H27NO3. The van der Waals surface area contributed by atoms with E-state index in [9.17, 15) is 0 Å². The topological polar surface area (TPSA) is 42.7 Å².